The fraction of sp³-hybridized carbons (Fsp3) is 0.333. The number of rotatable bonds is 0. The van der Waals surface area contributed by atoms with E-state index < -0.39 is 0 Å². The van der Waals surface area contributed by atoms with E-state index in [0.29, 0.717) is 5.76 Å². The van der Waals surface area contributed by atoms with Gasteiger partial charge in [-0.25, -0.2) is 0 Å². The SMILES string of the molecule is CC.OC1=CCC=CC=C1. The Bertz CT molecular complexity index is 149. The molecule has 0 fully saturated rings. The summed E-state index contributed by atoms with van der Waals surface area (Å²) in [6.07, 6.45) is 9.99. The van der Waals surface area contributed by atoms with Crippen molar-refractivity contribution < 1.29 is 5.11 Å². The van der Waals surface area contributed by atoms with E-state index in [4.69, 9.17) is 5.11 Å². The first kappa shape index (κ1) is 9.02. The molecular formula is C9H14O. The Morgan fingerprint density at radius 1 is 1.30 bits per heavy atom. The van der Waals surface area contributed by atoms with Gasteiger partial charge >= 0.3 is 0 Å². The Morgan fingerprint density at radius 3 is 2.70 bits per heavy atom. The Morgan fingerprint density at radius 2 is 2.00 bits per heavy atom. The molecule has 0 amide bonds. The smallest absolute Gasteiger partial charge is 0.111 e. The number of allylic oxidation sites excluding steroid dienone is 5. The van der Waals surface area contributed by atoms with Crippen LogP contribution in [0.15, 0.2) is 36.1 Å². The Hall–Kier alpha value is -0.980. The molecule has 1 rings (SSSR count). The lowest BCUT2D eigenvalue weighted by Gasteiger charge is -1.82. The van der Waals surface area contributed by atoms with Crippen LogP contribution in [0.3, 0.4) is 0 Å². The summed E-state index contributed by atoms with van der Waals surface area (Å²) in [5, 5.41) is 8.82. The van der Waals surface area contributed by atoms with Crippen LogP contribution in [0.5, 0.6) is 0 Å². The predicted octanol–water partition coefficient (Wildman–Crippen LogP) is 2.97. The maximum absolute atomic E-state index is 8.82. The molecule has 1 heteroatoms. The van der Waals surface area contributed by atoms with Gasteiger partial charge in [-0.05, 0) is 18.6 Å². The number of hydrogen-bond acceptors (Lipinski definition) is 1. The zero-order chi connectivity index (χ0) is 7.82. The molecule has 0 bridgehead atoms. The van der Waals surface area contributed by atoms with Crippen LogP contribution in [0.25, 0.3) is 0 Å². The molecule has 0 saturated carbocycles. The van der Waals surface area contributed by atoms with E-state index in [-0.39, 0.29) is 0 Å². The Balaban J connectivity index is 0.000000371. The highest BCUT2D eigenvalue weighted by Crippen LogP contribution is 1.99. The van der Waals surface area contributed by atoms with Gasteiger partial charge < -0.3 is 5.11 Å². The average molecular weight is 138 g/mol. The molecule has 56 valence electrons. The van der Waals surface area contributed by atoms with E-state index in [9.17, 15) is 0 Å². The van der Waals surface area contributed by atoms with E-state index >= 15 is 0 Å². The van der Waals surface area contributed by atoms with Crippen molar-refractivity contribution in [2.75, 3.05) is 0 Å². The van der Waals surface area contributed by atoms with Crippen LogP contribution in [0.1, 0.15) is 20.3 Å². The minimum atomic E-state index is 0.356. The van der Waals surface area contributed by atoms with E-state index in [1.165, 1.54) is 0 Å². The lowest BCUT2D eigenvalue weighted by Crippen LogP contribution is -1.68. The molecule has 0 atom stereocenters. The van der Waals surface area contributed by atoms with Gasteiger partial charge in [-0.2, -0.15) is 0 Å². The first-order chi connectivity index (χ1) is 4.89. The van der Waals surface area contributed by atoms with Crippen molar-refractivity contribution in [3.05, 3.63) is 36.1 Å². The van der Waals surface area contributed by atoms with Crippen molar-refractivity contribution in [3.8, 4) is 0 Å². The third-order valence-corrected chi connectivity index (χ3v) is 0.977. The second kappa shape index (κ2) is 6.14. The summed E-state index contributed by atoms with van der Waals surface area (Å²) in [4.78, 5) is 0. The molecule has 1 N–H and O–H groups in total. The minimum absolute atomic E-state index is 0.356. The van der Waals surface area contributed by atoms with E-state index in [1.807, 2.05) is 32.1 Å². The summed E-state index contributed by atoms with van der Waals surface area (Å²) in [6.45, 7) is 4.00. The molecule has 0 unspecified atom stereocenters. The summed E-state index contributed by atoms with van der Waals surface area (Å²) >= 11 is 0. The maximum atomic E-state index is 8.82. The highest BCUT2D eigenvalue weighted by molar-refractivity contribution is 5.20. The topological polar surface area (TPSA) is 20.2 Å². The molecule has 10 heavy (non-hydrogen) atoms. The van der Waals surface area contributed by atoms with Gasteiger partial charge in [0.2, 0.25) is 0 Å². The number of aliphatic hydroxyl groups excluding tert-OH is 1. The molecular weight excluding hydrogens is 124 g/mol. The minimum Gasteiger partial charge on any atom is -0.508 e. The van der Waals surface area contributed by atoms with Crippen LogP contribution in [-0.2, 0) is 0 Å². The third kappa shape index (κ3) is 3.96. The van der Waals surface area contributed by atoms with Crippen molar-refractivity contribution in [1.29, 1.82) is 0 Å². The van der Waals surface area contributed by atoms with Crippen LogP contribution in [-0.4, -0.2) is 5.11 Å². The average Bonchev–Trinajstić information content (AvgIpc) is 2.21. The predicted molar refractivity (Wildman–Crippen MR) is 45.0 cm³/mol. The molecule has 1 nitrogen and oxygen atoms in total. The van der Waals surface area contributed by atoms with Gasteiger partial charge in [-0.15, -0.1) is 0 Å². The molecule has 0 radical (unpaired) electrons. The van der Waals surface area contributed by atoms with Gasteiger partial charge in [0.1, 0.15) is 5.76 Å². The van der Waals surface area contributed by atoms with E-state index in [2.05, 4.69) is 0 Å². The molecule has 0 aromatic carbocycles. The van der Waals surface area contributed by atoms with Gasteiger partial charge in [0.15, 0.2) is 0 Å². The van der Waals surface area contributed by atoms with Crippen LogP contribution in [0, 0.1) is 0 Å². The zero-order valence-corrected chi connectivity index (χ0v) is 6.54. The first-order valence-corrected chi connectivity index (χ1v) is 3.62. The van der Waals surface area contributed by atoms with Crippen molar-refractivity contribution >= 4 is 0 Å². The standard InChI is InChI=1S/C7H8O.C2H6/c8-7-5-3-1-2-4-6-7;1-2/h1-3,5-6,8H,4H2;1-2H3. The second-order valence-electron chi connectivity index (χ2n) is 1.65. The molecule has 0 heterocycles. The van der Waals surface area contributed by atoms with Crippen molar-refractivity contribution in [2.24, 2.45) is 0 Å². The quantitative estimate of drug-likeness (QED) is 0.545. The Kier molecular flexibility index (Phi) is 5.54. The van der Waals surface area contributed by atoms with E-state index in [1.54, 1.807) is 12.2 Å². The Labute approximate surface area is 62.4 Å². The largest absolute Gasteiger partial charge is 0.508 e. The molecule has 0 aromatic rings. The van der Waals surface area contributed by atoms with Crippen molar-refractivity contribution in [2.45, 2.75) is 20.3 Å². The van der Waals surface area contributed by atoms with Crippen LogP contribution < -0.4 is 0 Å². The molecule has 0 saturated heterocycles. The molecule has 1 aliphatic rings. The monoisotopic (exact) mass is 138 g/mol. The molecule has 0 aromatic heterocycles. The highest BCUT2D eigenvalue weighted by atomic mass is 16.3. The molecule has 1 aliphatic carbocycles. The highest BCUT2D eigenvalue weighted by Gasteiger charge is 1.83. The zero-order valence-electron chi connectivity index (χ0n) is 6.54. The fourth-order valence-corrected chi connectivity index (χ4v) is 0.568. The number of aliphatic hydroxyl groups is 1. The summed E-state index contributed by atoms with van der Waals surface area (Å²) in [6, 6.07) is 0. The van der Waals surface area contributed by atoms with Gasteiger partial charge in [-0.3, -0.25) is 0 Å². The third-order valence-electron chi connectivity index (χ3n) is 0.977. The summed E-state index contributed by atoms with van der Waals surface area (Å²) in [7, 11) is 0. The van der Waals surface area contributed by atoms with Crippen molar-refractivity contribution in [1.82, 2.24) is 0 Å². The van der Waals surface area contributed by atoms with E-state index in [0.717, 1.165) is 6.42 Å². The van der Waals surface area contributed by atoms with Crippen LogP contribution in [0.2, 0.25) is 0 Å². The normalized spacial score (nSPS) is 14.8. The summed E-state index contributed by atoms with van der Waals surface area (Å²) in [5.41, 5.74) is 0. The summed E-state index contributed by atoms with van der Waals surface area (Å²) in [5.74, 6) is 0.356. The molecule has 0 aliphatic heterocycles. The van der Waals surface area contributed by atoms with Crippen LogP contribution in [0.4, 0.5) is 0 Å². The second-order valence-corrected chi connectivity index (χ2v) is 1.65. The lowest BCUT2D eigenvalue weighted by atomic mass is 10.4. The fourth-order valence-electron chi connectivity index (χ4n) is 0.568. The van der Waals surface area contributed by atoms with Gasteiger partial charge in [0.05, 0.1) is 0 Å². The maximum Gasteiger partial charge on any atom is 0.111 e. The van der Waals surface area contributed by atoms with Crippen molar-refractivity contribution in [3.63, 3.8) is 0 Å². The first-order valence-electron chi connectivity index (χ1n) is 3.62. The lowest BCUT2D eigenvalue weighted by molar-refractivity contribution is 0.431. The van der Waals surface area contributed by atoms with Crippen LogP contribution >= 0.6 is 0 Å². The van der Waals surface area contributed by atoms with Gasteiger partial charge in [0, 0.05) is 0 Å². The number of hydrogen-bond donors (Lipinski definition) is 1. The van der Waals surface area contributed by atoms with Gasteiger partial charge in [-0.1, -0.05) is 32.1 Å². The summed E-state index contributed by atoms with van der Waals surface area (Å²) < 4.78 is 0. The van der Waals surface area contributed by atoms with Gasteiger partial charge in [0.25, 0.3) is 0 Å². The molecule has 0 spiro atoms.